The van der Waals surface area contributed by atoms with Gasteiger partial charge in [0.2, 0.25) is 0 Å². The second-order valence-electron chi connectivity index (χ2n) is 6.29. The molecule has 0 saturated carbocycles. The van der Waals surface area contributed by atoms with Crippen LogP contribution in [0.25, 0.3) is 11.0 Å². The Morgan fingerprint density at radius 2 is 1.84 bits per heavy atom. The molecule has 5 heteroatoms. The Labute approximate surface area is 146 Å². The number of aromatic nitrogens is 3. The minimum Gasteiger partial charge on any atom is -0.467 e. The molecule has 0 fully saturated rings. The highest BCUT2D eigenvalue weighted by Crippen LogP contribution is 2.31. The lowest BCUT2D eigenvalue weighted by Gasteiger charge is -2.08. The molecule has 0 bridgehead atoms. The first-order chi connectivity index (χ1) is 12.1. The van der Waals surface area contributed by atoms with Gasteiger partial charge in [-0.25, -0.2) is 9.97 Å². The van der Waals surface area contributed by atoms with Crippen LogP contribution < -0.4 is 5.32 Å². The maximum atomic E-state index is 5.51. The topological polar surface area (TPSA) is 55.9 Å². The normalized spacial score (nSPS) is 11.2. The Morgan fingerprint density at radius 1 is 1.04 bits per heavy atom. The van der Waals surface area contributed by atoms with Crippen molar-refractivity contribution in [3.63, 3.8) is 0 Å². The van der Waals surface area contributed by atoms with Crippen LogP contribution in [0.15, 0.2) is 53.4 Å². The van der Waals surface area contributed by atoms with Crippen LogP contribution in [0.2, 0.25) is 0 Å². The fourth-order valence-electron chi connectivity index (χ4n) is 3.09. The van der Waals surface area contributed by atoms with Crippen molar-refractivity contribution in [2.45, 2.75) is 27.3 Å². The number of fused-ring (bicyclic) bond motifs is 1. The molecule has 3 heterocycles. The molecule has 0 aliphatic carbocycles. The van der Waals surface area contributed by atoms with Crippen molar-refractivity contribution in [2.24, 2.45) is 0 Å². The van der Waals surface area contributed by atoms with Crippen LogP contribution in [0, 0.1) is 20.8 Å². The van der Waals surface area contributed by atoms with Crippen LogP contribution in [-0.4, -0.2) is 14.5 Å². The number of benzene rings is 1. The lowest BCUT2D eigenvalue weighted by molar-refractivity contribution is 0.494. The van der Waals surface area contributed by atoms with Crippen molar-refractivity contribution < 1.29 is 4.42 Å². The SMILES string of the molecule is Cc1ccc(Nc2ncnc3c2c(C)c(C)n3Cc2ccco2)cc1. The maximum absolute atomic E-state index is 5.51. The van der Waals surface area contributed by atoms with Crippen molar-refractivity contribution in [1.82, 2.24) is 14.5 Å². The van der Waals surface area contributed by atoms with Gasteiger partial charge in [0.15, 0.2) is 0 Å². The number of furan rings is 1. The van der Waals surface area contributed by atoms with E-state index in [0.29, 0.717) is 6.54 Å². The molecule has 0 aliphatic rings. The molecule has 4 rings (SSSR count). The highest BCUT2D eigenvalue weighted by molar-refractivity contribution is 5.93. The number of nitrogens with one attached hydrogen (secondary N) is 1. The summed E-state index contributed by atoms with van der Waals surface area (Å²) in [4.78, 5) is 9.01. The predicted octanol–water partition coefficient (Wildman–Crippen LogP) is 4.74. The van der Waals surface area contributed by atoms with Crippen molar-refractivity contribution >= 4 is 22.5 Å². The van der Waals surface area contributed by atoms with Gasteiger partial charge in [0.25, 0.3) is 0 Å². The summed E-state index contributed by atoms with van der Waals surface area (Å²) < 4.78 is 7.68. The fraction of sp³-hybridized carbons (Fsp3) is 0.200. The highest BCUT2D eigenvalue weighted by Gasteiger charge is 2.17. The summed E-state index contributed by atoms with van der Waals surface area (Å²) in [7, 11) is 0. The first-order valence-corrected chi connectivity index (χ1v) is 8.30. The van der Waals surface area contributed by atoms with E-state index in [2.05, 4.69) is 64.9 Å². The Balaban J connectivity index is 1.80. The molecule has 0 spiro atoms. The average Bonchev–Trinajstić information content (AvgIpc) is 3.21. The zero-order valence-corrected chi connectivity index (χ0v) is 14.6. The molecular formula is C20H20N4O. The third kappa shape index (κ3) is 2.78. The smallest absolute Gasteiger partial charge is 0.146 e. The van der Waals surface area contributed by atoms with E-state index in [1.807, 2.05) is 12.1 Å². The maximum Gasteiger partial charge on any atom is 0.146 e. The fourth-order valence-corrected chi connectivity index (χ4v) is 3.09. The molecule has 0 unspecified atom stereocenters. The van der Waals surface area contributed by atoms with E-state index in [-0.39, 0.29) is 0 Å². The van der Waals surface area contributed by atoms with Gasteiger partial charge < -0.3 is 14.3 Å². The molecule has 1 N–H and O–H groups in total. The zero-order valence-electron chi connectivity index (χ0n) is 14.6. The summed E-state index contributed by atoms with van der Waals surface area (Å²) in [5.74, 6) is 1.74. The van der Waals surface area contributed by atoms with E-state index in [9.17, 15) is 0 Å². The van der Waals surface area contributed by atoms with E-state index >= 15 is 0 Å². The number of anilines is 2. The Morgan fingerprint density at radius 3 is 2.56 bits per heavy atom. The summed E-state index contributed by atoms with van der Waals surface area (Å²) in [5.41, 5.74) is 5.50. The molecule has 5 nitrogen and oxygen atoms in total. The quantitative estimate of drug-likeness (QED) is 0.586. The standard InChI is InChI=1S/C20H20N4O/c1-13-6-8-16(9-7-13)23-19-18-14(2)15(3)24(20(18)22-12-21-19)11-17-5-4-10-25-17/h4-10,12H,11H2,1-3H3,(H,21,22,23). The Bertz CT molecular complexity index is 1010. The van der Waals surface area contributed by atoms with Crippen molar-refractivity contribution in [3.05, 3.63) is 71.6 Å². The molecule has 1 aromatic carbocycles. The van der Waals surface area contributed by atoms with E-state index in [1.54, 1.807) is 12.6 Å². The van der Waals surface area contributed by atoms with Crippen LogP contribution in [-0.2, 0) is 6.54 Å². The summed E-state index contributed by atoms with van der Waals surface area (Å²) in [6, 6.07) is 12.2. The van der Waals surface area contributed by atoms with Crippen LogP contribution in [0.3, 0.4) is 0 Å². The van der Waals surface area contributed by atoms with Gasteiger partial charge in [-0.15, -0.1) is 0 Å². The predicted molar refractivity (Wildman–Crippen MR) is 99.3 cm³/mol. The molecule has 0 amide bonds. The number of nitrogens with zero attached hydrogens (tertiary/aromatic N) is 3. The summed E-state index contributed by atoms with van der Waals surface area (Å²) >= 11 is 0. The van der Waals surface area contributed by atoms with Gasteiger partial charge in [0.05, 0.1) is 18.2 Å². The summed E-state index contributed by atoms with van der Waals surface area (Å²) in [6.45, 7) is 6.95. The second kappa shape index (κ2) is 6.09. The Hall–Kier alpha value is -3.08. The second-order valence-corrected chi connectivity index (χ2v) is 6.29. The Kier molecular flexibility index (Phi) is 3.76. The third-order valence-corrected chi connectivity index (χ3v) is 4.61. The molecule has 0 atom stereocenters. The van der Waals surface area contributed by atoms with Gasteiger partial charge in [0.1, 0.15) is 23.6 Å². The number of aryl methyl sites for hydroxylation is 2. The average molecular weight is 332 g/mol. The van der Waals surface area contributed by atoms with Crippen LogP contribution in [0.1, 0.15) is 22.6 Å². The summed E-state index contributed by atoms with van der Waals surface area (Å²) in [5, 5.41) is 4.47. The molecule has 0 radical (unpaired) electrons. The van der Waals surface area contributed by atoms with Crippen LogP contribution in [0.4, 0.5) is 11.5 Å². The summed E-state index contributed by atoms with van der Waals surface area (Å²) in [6.07, 6.45) is 3.30. The van der Waals surface area contributed by atoms with Gasteiger partial charge in [0, 0.05) is 11.4 Å². The molecular weight excluding hydrogens is 312 g/mol. The third-order valence-electron chi connectivity index (χ3n) is 4.61. The van der Waals surface area contributed by atoms with Crippen molar-refractivity contribution in [1.29, 1.82) is 0 Å². The van der Waals surface area contributed by atoms with E-state index in [4.69, 9.17) is 4.42 Å². The van der Waals surface area contributed by atoms with E-state index in [1.165, 1.54) is 16.8 Å². The molecule has 3 aromatic heterocycles. The van der Waals surface area contributed by atoms with Gasteiger partial charge in [-0.05, 0) is 50.6 Å². The number of hydrogen-bond donors (Lipinski definition) is 1. The zero-order chi connectivity index (χ0) is 17.4. The van der Waals surface area contributed by atoms with Gasteiger partial charge >= 0.3 is 0 Å². The van der Waals surface area contributed by atoms with Crippen LogP contribution >= 0.6 is 0 Å². The molecule has 25 heavy (non-hydrogen) atoms. The minimum atomic E-state index is 0.657. The lowest BCUT2D eigenvalue weighted by atomic mass is 10.2. The van der Waals surface area contributed by atoms with E-state index in [0.717, 1.165) is 28.3 Å². The lowest BCUT2D eigenvalue weighted by Crippen LogP contribution is -2.02. The monoisotopic (exact) mass is 332 g/mol. The minimum absolute atomic E-state index is 0.657. The molecule has 4 aromatic rings. The highest BCUT2D eigenvalue weighted by atomic mass is 16.3. The van der Waals surface area contributed by atoms with Crippen molar-refractivity contribution in [2.75, 3.05) is 5.32 Å². The first kappa shape index (κ1) is 15.4. The van der Waals surface area contributed by atoms with Gasteiger partial charge in [-0.1, -0.05) is 17.7 Å². The van der Waals surface area contributed by atoms with Gasteiger partial charge in [-0.2, -0.15) is 0 Å². The van der Waals surface area contributed by atoms with Crippen LogP contribution in [0.5, 0.6) is 0 Å². The number of hydrogen-bond acceptors (Lipinski definition) is 4. The largest absolute Gasteiger partial charge is 0.467 e. The van der Waals surface area contributed by atoms with Crippen molar-refractivity contribution in [3.8, 4) is 0 Å². The molecule has 0 aliphatic heterocycles. The molecule has 126 valence electrons. The van der Waals surface area contributed by atoms with E-state index < -0.39 is 0 Å². The van der Waals surface area contributed by atoms with Gasteiger partial charge in [-0.3, -0.25) is 0 Å². The first-order valence-electron chi connectivity index (χ1n) is 8.30. The number of rotatable bonds is 4. The molecule has 0 saturated heterocycles.